The topological polar surface area (TPSA) is 78.4 Å². The van der Waals surface area contributed by atoms with Gasteiger partial charge in [-0.2, -0.15) is 0 Å². The summed E-state index contributed by atoms with van der Waals surface area (Å²) in [6.45, 7) is 5.47. The van der Waals surface area contributed by atoms with Crippen molar-refractivity contribution in [2.24, 2.45) is 0 Å². The largest absolute Gasteiger partial charge is 0.508 e. The molecular formula is C17H18N2O3. The fraction of sp³-hybridized carbons (Fsp3) is 0.176. The molecule has 5 nitrogen and oxygen atoms in total. The Morgan fingerprint density at radius 3 is 2.05 bits per heavy atom. The van der Waals surface area contributed by atoms with Crippen LogP contribution < -0.4 is 10.6 Å². The average molecular weight is 298 g/mol. The first-order valence-electron chi connectivity index (χ1n) is 6.86. The van der Waals surface area contributed by atoms with E-state index in [0.717, 1.165) is 11.1 Å². The lowest BCUT2D eigenvalue weighted by Crippen LogP contribution is -2.29. The number of para-hydroxylation sites is 1. The molecule has 2 amide bonds. The summed E-state index contributed by atoms with van der Waals surface area (Å²) in [6, 6.07) is 10.1. The highest BCUT2D eigenvalue weighted by molar-refractivity contribution is 6.43. The quantitative estimate of drug-likeness (QED) is 0.589. The molecule has 3 N–H and O–H groups in total. The minimum Gasteiger partial charge on any atom is -0.508 e. The van der Waals surface area contributed by atoms with Crippen LogP contribution in [-0.2, 0) is 9.59 Å². The van der Waals surface area contributed by atoms with E-state index in [2.05, 4.69) is 10.6 Å². The van der Waals surface area contributed by atoms with Crippen molar-refractivity contribution in [3.05, 3.63) is 53.1 Å². The summed E-state index contributed by atoms with van der Waals surface area (Å²) in [4.78, 5) is 24.0. The molecule has 0 atom stereocenters. The first-order chi connectivity index (χ1) is 10.4. The molecule has 0 radical (unpaired) electrons. The second-order valence-corrected chi connectivity index (χ2v) is 5.17. The number of phenolic OH excluding ortho intramolecular Hbond substituents is 1. The van der Waals surface area contributed by atoms with Gasteiger partial charge in [-0.05, 0) is 55.7 Å². The molecule has 5 heteroatoms. The summed E-state index contributed by atoms with van der Waals surface area (Å²) >= 11 is 0. The molecule has 0 fully saturated rings. The normalized spacial score (nSPS) is 10.1. The standard InChI is InChI=1S/C17H18N2O3/c1-10-5-4-6-11(2)15(10)19-17(22)16(21)18-14-8-7-13(20)9-12(14)3/h4-9,20H,1-3H3,(H,18,21)(H,19,22). The lowest BCUT2D eigenvalue weighted by Gasteiger charge is -2.12. The monoisotopic (exact) mass is 298 g/mol. The lowest BCUT2D eigenvalue weighted by atomic mass is 10.1. The number of hydrogen-bond acceptors (Lipinski definition) is 3. The molecule has 0 saturated carbocycles. The third-order valence-corrected chi connectivity index (χ3v) is 3.38. The van der Waals surface area contributed by atoms with Gasteiger partial charge in [0.2, 0.25) is 0 Å². The summed E-state index contributed by atoms with van der Waals surface area (Å²) in [7, 11) is 0. The highest BCUT2D eigenvalue weighted by Crippen LogP contribution is 2.21. The molecule has 22 heavy (non-hydrogen) atoms. The Bertz CT molecular complexity index is 718. The van der Waals surface area contributed by atoms with Gasteiger partial charge in [-0.3, -0.25) is 9.59 Å². The lowest BCUT2D eigenvalue weighted by molar-refractivity contribution is -0.133. The molecule has 2 rings (SSSR count). The number of carbonyl (C=O) groups excluding carboxylic acids is 2. The fourth-order valence-corrected chi connectivity index (χ4v) is 2.15. The number of aromatic hydroxyl groups is 1. The number of nitrogens with one attached hydrogen (secondary N) is 2. The number of amides is 2. The van der Waals surface area contributed by atoms with Crippen LogP contribution in [-0.4, -0.2) is 16.9 Å². The summed E-state index contributed by atoms with van der Waals surface area (Å²) in [5, 5.41) is 14.5. The van der Waals surface area contributed by atoms with Gasteiger partial charge in [0, 0.05) is 11.4 Å². The van der Waals surface area contributed by atoms with Crippen LogP contribution in [0.15, 0.2) is 36.4 Å². The van der Waals surface area contributed by atoms with E-state index in [4.69, 9.17) is 0 Å². The highest BCUT2D eigenvalue weighted by Gasteiger charge is 2.16. The highest BCUT2D eigenvalue weighted by atomic mass is 16.3. The van der Waals surface area contributed by atoms with Crippen molar-refractivity contribution < 1.29 is 14.7 Å². The maximum Gasteiger partial charge on any atom is 0.314 e. The molecule has 2 aromatic rings. The van der Waals surface area contributed by atoms with Gasteiger partial charge in [-0.1, -0.05) is 18.2 Å². The molecule has 0 saturated heterocycles. The van der Waals surface area contributed by atoms with E-state index in [9.17, 15) is 14.7 Å². The Labute approximate surface area is 129 Å². The van der Waals surface area contributed by atoms with Crippen LogP contribution in [0, 0.1) is 20.8 Å². The summed E-state index contributed by atoms with van der Waals surface area (Å²) in [5.74, 6) is -1.38. The van der Waals surface area contributed by atoms with Crippen molar-refractivity contribution in [2.75, 3.05) is 10.6 Å². The maximum absolute atomic E-state index is 12.0. The average Bonchev–Trinajstić information content (AvgIpc) is 2.45. The van der Waals surface area contributed by atoms with Gasteiger partial charge in [0.15, 0.2) is 0 Å². The van der Waals surface area contributed by atoms with Gasteiger partial charge in [-0.15, -0.1) is 0 Å². The predicted octanol–water partition coefficient (Wildman–Crippen LogP) is 2.89. The van der Waals surface area contributed by atoms with Crippen LogP contribution in [0.2, 0.25) is 0 Å². The van der Waals surface area contributed by atoms with Crippen LogP contribution in [0.4, 0.5) is 11.4 Å². The van der Waals surface area contributed by atoms with Crippen molar-refractivity contribution in [2.45, 2.75) is 20.8 Å². The molecule has 0 aliphatic heterocycles. The van der Waals surface area contributed by atoms with Gasteiger partial charge in [0.1, 0.15) is 5.75 Å². The number of anilines is 2. The zero-order valence-corrected chi connectivity index (χ0v) is 12.7. The van der Waals surface area contributed by atoms with Crippen LogP contribution in [0.3, 0.4) is 0 Å². The minimum absolute atomic E-state index is 0.107. The SMILES string of the molecule is Cc1cc(O)ccc1NC(=O)C(=O)Nc1c(C)cccc1C. The Morgan fingerprint density at radius 2 is 1.45 bits per heavy atom. The van der Waals surface area contributed by atoms with Crippen molar-refractivity contribution in [3.63, 3.8) is 0 Å². The summed E-state index contributed by atoms with van der Waals surface area (Å²) in [6.07, 6.45) is 0. The third kappa shape index (κ3) is 3.44. The summed E-state index contributed by atoms with van der Waals surface area (Å²) < 4.78 is 0. The van der Waals surface area contributed by atoms with Crippen LogP contribution >= 0.6 is 0 Å². The van der Waals surface area contributed by atoms with Gasteiger partial charge < -0.3 is 15.7 Å². The zero-order chi connectivity index (χ0) is 16.3. The van der Waals surface area contributed by atoms with E-state index in [1.807, 2.05) is 32.0 Å². The van der Waals surface area contributed by atoms with E-state index in [-0.39, 0.29) is 5.75 Å². The molecule has 0 aromatic heterocycles. The second kappa shape index (κ2) is 6.30. The predicted molar refractivity (Wildman–Crippen MR) is 86.0 cm³/mol. The van der Waals surface area contributed by atoms with Crippen LogP contribution in [0.25, 0.3) is 0 Å². The van der Waals surface area contributed by atoms with Crippen molar-refractivity contribution >= 4 is 23.2 Å². The van der Waals surface area contributed by atoms with E-state index in [1.54, 1.807) is 13.0 Å². The molecule has 114 valence electrons. The minimum atomic E-state index is -0.753. The molecule has 0 unspecified atom stereocenters. The van der Waals surface area contributed by atoms with Crippen molar-refractivity contribution in [3.8, 4) is 5.75 Å². The Morgan fingerprint density at radius 1 is 0.864 bits per heavy atom. The zero-order valence-electron chi connectivity index (χ0n) is 12.7. The number of aryl methyl sites for hydroxylation is 3. The first-order valence-corrected chi connectivity index (χ1v) is 6.86. The second-order valence-electron chi connectivity index (χ2n) is 5.17. The number of benzene rings is 2. The molecule has 0 spiro atoms. The number of phenols is 1. The molecular weight excluding hydrogens is 280 g/mol. The number of rotatable bonds is 2. The van der Waals surface area contributed by atoms with Gasteiger partial charge in [-0.25, -0.2) is 0 Å². The molecule has 0 heterocycles. The molecule has 2 aromatic carbocycles. The number of carbonyl (C=O) groups is 2. The van der Waals surface area contributed by atoms with Crippen LogP contribution in [0.1, 0.15) is 16.7 Å². The maximum atomic E-state index is 12.0. The number of hydrogen-bond donors (Lipinski definition) is 3. The summed E-state index contributed by atoms with van der Waals surface area (Å²) in [5.41, 5.74) is 3.58. The van der Waals surface area contributed by atoms with Crippen molar-refractivity contribution in [1.29, 1.82) is 0 Å². The Kier molecular flexibility index (Phi) is 4.46. The molecule has 0 bridgehead atoms. The van der Waals surface area contributed by atoms with Crippen molar-refractivity contribution in [1.82, 2.24) is 0 Å². The van der Waals surface area contributed by atoms with Crippen LogP contribution in [0.5, 0.6) is 5.75 Å². The van der Waals surface area contributed by atoms with E-state index >= 15 is 0 Å². The van der Waals surface area contributed by atoms with Gasteiger partial charge in [0.05, 0.1) is 0 Å². The third-order valence-electron chi connectivity index (χ3n) is 3.38. The first kappa shape index (κ1) is 15.6. The Balaban J connectivity index is 2.11. The molecule has 0 aliphatic carbocycles. The van der Waals surface area contributed by atoms with Gasteiger partial charge >= 0.3 is 11.8 Å². The van der Waals surface area contributed by atoms with E-state index in [0.29, 0.717) is 16.9 Å². The smallest absolute Gasteiger partial charge is 0.314 e. The fourth-order valence-electron chi connectivity index (χ4n) is 2.15. The van der Waals surface area contributed by atoms with E-state index < -0.39 is 11.8 Å². The van der Waals surface area contributed by atoms with Gasteiger partial charge in [0.25, 0.3) is 0 Å². The Hall–Kier alpha value is -2.82. The molecule has 0 aliphatic rings. The van der Waals surface area contributed by atoms with E-state index in [1.165, 1.54) is 12.1 Å².